The summed E-state index contributed by atoms with van der Waals surface area (Å²) in [7, 11) is 0. The van der Waals surface area contributed by atoms with E-state index in [1.165, 1.54) is 32.1 Å². The van der Waals surface area contributed by atoms with Gasteiger partial charge in [0.2, 0.25) is 0 Å². The maximum absolute atomic E-state index is 12.0. The van der Waals surface area contributed by atoms with Crippen LogP contribution in [-0.4, -0.2) is 30.4 Å². The SMILES string of the molecule is C=C(C(=O)O)C(CCCCCCCCC)(CCOc1ccccc1)CC1CCCO1. The van der Waals surface area contributed by atoms with Gasteiger partial charge in [0.05, 0.1) is 12.7 Å². The molecule has 0 aliphatic carbocycles. The number of ether oxygens (including phenoxy) is 2. The molecule has 1 N–H and O–H groups in total. The molecular weight excluding hydrogens is 376 g/mol. The highest BCUT2D eigenvalue weighted by molar-refractivity contribution is 5.87. The van der Waals surface area contributed by atoms with Gasteiger partial charge in [-0.05, 0) is 44.2 Å². The number of hydrogen-bond acceptors (Lipinski definition) is 3. The van der Waals surface area contributed by atoms with Crippen molar-refractivity contribution in [3.05, 3.63) is 42.5 Å². The first-order valence-corrected chi connectivity index (χ1v) is 11.8. The van der Waals surface area contributed by atoms with Crippen LogP contribution in [0.2, 0.25) is 0 Å². The number of aliphatic carboxylic acids is 1. The van der Waals surface area contributed by atoms with Crippen molar-refractivity contribution in [1.29, 1.82) is 0 Å². The molecule has 2 rings (SSSR count). The van der Waals surface area contributed by atoms with E-state index in [0.29, 0.717) is 18.6 Å². The van der Waals surface area contributed by atoms with Crippen LogP contribution in [0.4, 0.5) is 0 Å². The van der Waals surface area contributed by atoms with Crippen LogP contribution in [0.25, 0.3) is 0 Å². The van der Waals surface area contributed by atoms with E-state index in [2.05, 4.69) is 13.5 Å². The minimum atomic E-state index is -0.893. The van der Waals surface area contributed by atoms with Crippen molar-refractivity contribution in [3.8, 4) is 5.75 Å². The van der Waals surface area contributed by atoms with Gasteiger partial charge in [-0.3, -0.25) is 0 Å². The van der Waals surface area contributed by atoms with Crippen molar-refractivity contribution in [2.24, 2.45) is 5.41 Å². The number of carbonyl (C=O) groups is 1. The van der Waals surface area contributed by atoms with Crippen LogP contribution >= 0.6 is 0 Å². The lowest BCUT2D eigenvalue weighted by molar-refractivity contribution is -0.134. The van der Waals surface area contributed by atoms with Crippen molar-refractivity contribution in [2.45, 2.75) is 90.1 Å². The van der Waals surface area contributed by atoms with Gasteiger partial charge in [-0.25, -0.2) is 4.79 Å². The van der Waals surface area contributed by atoms with Gasteiger partial charge in [0.15, 0.2) is 0 Å². The fourth-order valence-electron chi connectivity index (χ4n) is 4.52. The zero-order valence-electron chi connectivity index (χ0n) is 18.7. The summed E-state index contributed by atoms with van der Waals surface area (Å²) in [4.78, 5) is 12.0. The summed E-state index contributed by atoms with van der Waals surface area (Å²) >= 11 is 0. The van der Waals surface area contributed by atoms with Crippen LogP contribution in [0, 0.1) is 5.41 Å². The number of rotatable bonds is 16. The Balaban J connectivity index is 2.01. The van der Waals surface area contributed by atoms with Gasteiger partial charge in [0, 0.05) is 17.6 Å². The number of hydrogen-bond donors (Lipinski definition) is 1. The van der Waals surface area contributed by atoms with E-state index in [9.17, 15) is 9.90 Å². The molecule has 1 aliphatic rings. The molecule has 2 atom stereocenters. The third kappa shape index (κ3) is 8.14. The van der Waals surface area contributed by atoms with E-state index < -0.39 is 11.4 Å². The highest BCUT2D eigenvalue weighted by Crippen LogP contribution is 2.43. The molecule has 1 heterocycles. The standard InChI is InChI=1S/C26H40O4/c1-3-4-5-6-7-8-12-17-26(22(2)25(27)28,21-24-16-13-19-29-24)18-20-30-23-14-10-9-11-15-23/h9-11,14-15,24H,2-8,12-13,16-21H2,1H3,(H,27,28). The third-order valence-corrected chi connectivity index (χ3v) is 6.39. The molecule has 0 radical (unpaired) electrons. The summed E-state index contributed by atoms with van der Waals surface area (Å²) in [6.45, 7) is 7.52. The summed E-state index contributed by atoms with van der Waals surface area (Å²) in [5, 5.41) is 9.83. The first-order chi connectivity index (χ1) is 14.6. The van der Waals surface area contributed by atoms with E-state index in [4.69, 9.17) is 9.47 Å². The molecule has 4 nitrogen and oxygen atoms in total. The zero-order valence-corrected chi connectivity index (χ0v) is 18.7. The van der Waals surface area contributed by atoms with Crippen LogP contribution in [0.3, 0.4) is 0 Å². The smallest absolute Gasteiger partial charge is 0.331 e. The summed E-state index contributed by atoms with van der Waals surface area (Å²) in [5.74, 6) is -0.0731. The average Bonchev–Trinajstić information content (AvgIpc) is 3.26. The Kier molecular flexibility index (Phi) is 11.0. The highest BCUT2D eigenvalue weighted by Gasteiger charge is 2.39. The Labute approximate surface area is 182 Å². The monoisotopic (exact) mass is 416 g/mol. The van der Waals surface area contributed by atoms with Crippen molar-refractivity contribution < 1.29 is 19.4 Å². The molecule has 168 valence electrons. The van der Waals surface area contributed by atoms with E-state index in [-0.39, 0.29) is 6.10 Å². The zero-order chi connectivity index (χ0) is 21.7. The van der Waals surface area contributed by atoms with Crippen LogP contribution in [0.15, 0.2) is 42.5 Å². The molecule has 1 fully saturated rings. The van der Waals surface area contributed by atoms with Crippen LogP contribution < -0.4 is 4.74 Å². The molecule has 2 unspecified atom stereocenters. The van der Waals surface area contributed by atoms with Crippen molar-refractivity contribution in [2.75, 3.05) is 13.2 Å². The van der Waals surface area contributed by atoms with Gasteiger partial charge in [-0.15, -0.1) is 0 Å². The number of unbranched alkanes of at least 4 members (excludes halogenated alkanes) is 6. The largest absolute Gasteiger partial charge is 0.494 e. The second kappa shape index (κ2) is 13.5. The van der Waals surface area contributed by atoms with Crippen LogP contribution in [-0.2, 0) is 9.53 Å². The van der Waals surface area contributed by atoms with Gasteiger partial charge in [0.1, 0.15) is 5.75 Å². The molecule has 0 saturated carbocycles. The first-order valence-electron chi connectivity index (χ1n) is 11.8. The third-order valence-electron chi connectivity index (χ3n) is 6.39. The van der Waals surface area contributed by atoms with Crippen LogP contribution in [0.1, 0.15) is 84.0 Å². The van der Waals surface area contributed by atoms with Crippen molar-refractivity contribution in [1.82, 2.24) is 0 Å². The maximum atomic E-state index is 12.0. The fraction of sp³-hybridized carbons (Fsp3) is 0.654. The van der Waals surface area contributed by atoms with Crippen molar-refractivity contribution in [3.63, 3.8) is 0 Å². The van der Waals surface area contributed by atoms with E-state index >= 15 is 0 Å². The Bertz CT molecular complexity index is 621. The summed E-state index contributed by atoms with van der Waals surface area (Å²) in [6, 6.07) is 9.73. The van der Waals surface area contributed by atoms with Crippen molar-refractivity contribution >= 4 is 5.97 Å². The summed E-state index contributed by atoms with van der Waals surface area (Å²) in [6.07, 6.45) is 12.9. The Morgan fingerprint density at radius 1 is 1.13 bits per heavy atom. The predicted octanol–water partition coefficient (Wildman–Crippen LogP) is 6.79. The van der Waals surface area contributed by atoms with Crippen LogP contribution in [0.5, 0.6) is 5.75 Å². The first kappa shape index (κ1) is 24.5. The Morgan fingerprint density at radius 2 is 1.83 bits per heavy atom. The van der Waals surface area contributed by atoms with E-state index in [1.54, 1.807) is 0 Å². The molecule has 30 heavy (non-hydrogen) atoms. The molecule has 0 bridgehead atoms. The molecule has 0 spiro atoms. The molecule has 1 aromatic carbocycles. The minimum absolute atomic E-state index is 0.127. The van der Waals surface area contributed by atoms with E-state index in [0.717, 1.165) is 50.9 Å². The average molecular weight is 417 g/mol. The van der Waals surface area contributed by atoms with Gasteiger partial charge >= 0.3 is 5.97 Å². The normalized spacial score (nSPS) is 18.1. The summed E-state index contributed by atoms with van der Waals surface area (Å²) < 4.78 is 11.9. The molecule has 1 aromatic rings. The lowest BCUT2D eigenvalue weighted by Crippen LogP contribution is -2.33. The minimum Gasteiger partial charge on any atom is -0.494 e. The topological polar surface area (TPSA) is 55.8 Å². The Hall–Kier alpha value is -1.81. The lowest BCUT2D eigenvalue weighted by atomic mass is 9.69. The molecule has 4 heteroatoms. The predicted molar refractivity (Wildman–Crippen MR) is 122 cm³/mol. The lowest BCUT2D eigenvalue weighted by Gasteiger charge is -2.36. The second-order valence-corrected chi connectivity index (χ2v) is 8.69. The van der Waals surface area contributed by atoms with Gasteiger partial charge in [-0.1, -0.05) is 76.6 Å². The van der Waals surface area contributed by atoms with Gasteiger partial charge in [0.25, 0.3) is 0 Å². The molecule has 0 aromatic heterocycles. The van der Waals surface area contributed by atoms with Gasteiger partial charge in [-0.2, -0.15) is 0 Å². The number of carboxylic acids is 1. The number of para-hydroxylation sites is 1. The summed E-state index contributed by atoms with van der Waals surface area (Å²) in [5.41, 5.74) is -0.153. The highest BCUT2D eigenvalue weighted by atomic mass is 16.5. The second-order valence-electron chi connectivity index (χ2n) is 8.69. The molecule has 1 aliphatic heterocycles. The fourth-order valence-corrected chi connectivity index (χ4v) is 4.52. The molecule has 0 amide bonds. The van der Waals surface area contributed by atoms with E-state index in [1.807, 2.05) is 30.3 Å². The van der Waals surface area contributed by atoms with Gasteiger partial charge < -0.3 is 14.6 Å². The maximum Gasteiger partial charge on any atom is 0.331 e. The molecule has 1 saturated heterocycles. The molecular formula is C26H40O4. The Morgan fingerprint density at radius 3 is 2.47 bits per heavy atom. The quantitative estimate of drug-likeness (QED) is 0.238. The number of benzene rings is 1. The number of carboxylic acid groups (broad SMARTS) is 1.